The fraction of sp³-hybridized carbons (Fsp3) is 0.318. The number of phenolic OH excluding ortho intramolecular Hbond substituents is 1. The van der Waals surface area contributed by atoms with Crippen LogP contribution < -0.4 is 4.74 Å². The average molecular weight is 363 g/mol. The van der Waals surface area contributed by atoms with Gasteiger partial charge in [0.1, 0.15) is 5.75 Å². The summed E-state index contributed by atoms with van der Waals surface area (Å²) in [5.41, 5.74) is 2.22. The smallest absolute Gasteiger partial charge is 0.300 e. The molecule has 0 unspecified atom stereocenters. The molecule has 1 N–H and O–H groups in total. The molecule has 3 aromatic rings. The van der Waals surface area contributed by atoms with E-state index in [1.807, 2.05) is 22.9 Å². The molecule has 2 aromatic carbocycles. The highest BCUT2D eigenvalue weighted by atomic mass is 16.5. The van der Waals surface area contributed by atoms with E-state index in [4.69, 9.17) is 4.74 Å². The number of hydrogen-bond acceptors (Lipinski definition) is 4. The van der Waals surface area contributed by atoms with Gasteiger partial charge >= 0.3 is 6.01 Å². The highest BCUT2D eigenvalue weighted by Crippen LogP contribution is 2.23. The lowest BCUT2D eigenvalue weighted by Gasteiger charge is -2.31. The van der Waals surface area contributed by atoms with E-state index < -0.39 is 0 Å². The first-order valence-electron chi connectivity index (χ1n) is 9.50. The predicted molar refractivity (Wildman–Crippen MR) is 105 cm³/mol. The third-order valence-corrected chi connectivity index (χ3v) is 5.12. The number of imidazole rings is 1. The number of likely N-dealkylation sites (tertiary alicyclic amines) is 1. The highest BCUT2D eigenvalue weighted by molar-refractivity contribution is 5.40. The predicted octanol–water partition coefficient (Wildman–Crippen LogP) is 3.87. The number of rotatable bonds is 6. The van der Waals surface area contributed by atoms with Crippen molar-refractivity contribution in [1.82, 2.24) is 14.5 Å². The van der Waals surface area contributed by atoms with Gasteiger partial charge in [0.2, 0.25) is 0 Å². The molecule has 0 amide bonds. The van der Waals surface area contributed by atoms with Gasteiger partial charge in [-0.05, 0) is 49.5 Å². The van der Waals surface area contributed by atoms with Crippen molar-refractivity contribution in [2.24, 2.45) is 5.92 Å². The maximum absolute atomic E-state index is 9.69. The van der Waals surface area contributed by atoms with Crippen LogP contribution in [-0.4, -0.2) is 39.3 Å². The van der Waals surface area contributed by atoms with Gasteiger partial charge in [-0.1, -0.05) is 36.4 Å². The quantitative estimate of drug-likeness (QED) is 0.722. The van der Waals surface area contributed by atoms with Crippen LogP contribution in [0.5, 0.6) is 11.8 Å². The molecule has 2 heterocycles. The van der Waals surface area contributed by atoms with E-state index >= 15 is 0 Å². The van der Waals surface area contributed by atoms with E-state index in [0.717, 1.165) is 38.2 Å². The fourth-order valence-corrected chi connectivity index (χ4v) is 3.58. The van der Waals surface area contributed by atoms with Crippen LogP contribution in [-0.2, 0) is 6.54 Å². The van der Waals surface area contributed by atoms with Crippen LogP contribution in [0, 0.1) is 5.92 Å². The minimum atomic E-state index is 0.234. The summed E-state index contributed by atoms with van der Waals surface area (Å²) in [5, 5.41) is 9.69. The van der Waals surface area contributed by atoms with Crippen LogP contribution in [0.2, 0.25) is 0 Å². The molecule has 27 heavy (non-hydrogen) atoms. The Kier molecular flexibility index (Phi) is 5.39. The Bertz CT molecular complexity index is 855. The molecule has 0 spiro atoms. The maximum Gasteiger partial charge on any atom is 0.300 e. The summed E-state index contributed by atoms with van der Waals surface area (Å²) >= 11 is 0. The average Bonchev–Trinajstić information content (AvgIpc) is 3.17. The Balaban J connectivity index is 1.29. The van der Waals surface area contributed by atoms with Gasteiger partial charge in [0.25, 0.3) is 0 Å². The molecule has 5 heteroatoms. The lowest BCUT2D eigenvalue weighted by Crippen LogP contribution is -2.35. The molecule has 0 atom stereocenters. The molecular weight excluding hydrogens is 338 g/mol. The first-order valence-corrected chi connectivity index (χ1v) is 9.50. The molecule has 4 rings (SSSR count). The molecule has 0 bridgehead atoms. The van der Waals surface area contributed by atoms with Crippen LogP contribution in [0.4, 0.5) is 0 Å². The number of phenols is 1. The summed E-state index contributed by atoms with van der Waals surface area (Å²) in [6.07, 6.45) is 5.85. The van der Waals surface area contributed by atoms with Crippen molar-refractivity contribution in [3.63, 3.8) is 0 Å². The Morgan fingerprint density at radius 3 is 2.63 bits per heavy atom. The second-order valence-electron chi connectivity index (χ2n) is 7.12. The zero-order valence-corrected chi connectivity index (χ0v) is 15.4. The Morgan fingerprint density at radius 2 is 1.85 bits per heavy atom. The van der Waals surface area contributed by atoms with E-state index in [-0.39, 0.29) is 5.75 Å². The lowest BCUT2D eigenvalue weighted by molar-refractivity contribution is 0.131. The molecular formula is C22H25N3O2. The van der Waals surface area contributed by atoms with Crippen molar-refractivity contribution in [3.8, 4) is 17.4 Å². The van der Waals surface area contributed by atoms with E-state index in [9.17, 15) is 5.11 Å². The topological polar surface area (TPSA) is 50.5 Å². The van der Waals surface area contributed by atoms with Crippen LogP contribution in [0.3, 0.4) is 0 Å². The second-order valence-corrected chi connectivity index (χ2v) is 7.12. The van der Waals surface area contributed by atoms with Crippen LogP contribution >= 0.6 is 0 Å². The molecule has 1 saturated heterocycles. The summed E-state index contributed by atoms with van der Waals surface area (Å²) in [6.45, 7) is 3.90. The van der Waals surface area contributed by atoms with Gasteiger partial charge in [-0.25, -0.2) is 4.98 Å². The van der Waals surface area contributed by atoms with Crippen molar-refractivity contribution in [2.75, 3.05) is 19.7 Å². The number of aromatic hydroxyl groups is 1. The molecule has 5 nitrogen and oxygen atoms in total. The zero-order valence-electron chi connectivity index (χ0n) is 15.4. The third-order valence-electron chi connectivity index (χ3n) is 5.12. The van der Waals surface area contributed by atoms with Crippen LogP contribution in [0.15, 0.2) is 67.0 Å². The summed E-state index contributed by atoms with van der Waals surface area (Å²) in [7, 11) is 0. The Morgan fingerprint density at radius 1 is 1.04 bits per heavy atom. The number of ether oxygens (including phenoxy) is 1. The molecule has 140 valence electrons. The van der Waals surface area contributed by atoms with Gasteiger partial charge < -0.3 is 9.84 Å². The highest BCUT2D eigenvalue weighted by Gasteiger charge is 2.20. The van der Waals surface area contributed by atoms with E-state index in [1.165, 1.54) is 5.56 Å². The van der Waals surface area contributed by atoms with Crippen molar-refractivity contribution >= 4 is 0 Å². The third kappa shape index (κ3) is 4.49. The molecule has 1 fully saturated rings. The largest absolute Gasteiger partial charge is 0.508 e. The number of piperidine rings is 1. The maximum atomic E-state index is 9.69. The Hall–Kier alpha value is -2.79. The minimum absolute atomic E-state index is 0.234. The number of hydrogen-bond donors (Lipinski definition) is 1. The van der Waals surface area contributed by atoms with Crippen LogP contribution in [0.25, 0.3) is 5.69 Å². The first-order chi connectivity index (χ1) is 13.3. The van der Waals surface area contributed by atoms with Gasteiger partial charge in [-0.3, -0.25) is 9.47 Å². The summed E-state index contributed by atoms with van der Waals surface area (Å²) in [6, 6.07) is 18.3. The summed E-state index contributed by atoms with van der Waals surface area (Å²) < 4.78 is 7.88. The van der Waals surface area contributed by atoms with Crippen LogP contribution in [0.1, 0.15) is 18.4 Å². The molecule has 1 aliphatic rings. The van der Waals surface area contributed by atoms with E-state index in [0.29, 0.717) is 18.5 Å². The standard InChI is InChI=1S/C22H25N3O2/c26-21-8-4-7-20(15-21)25-14-11-23-22(25)27-17-19-9-12-24(13-10-19)16-18-5-2-1-3-6-18/h1-8,11,14-15,19,26H,9-10,12-13,16-17H2. The first kappa shape index (κ1) is 17.6. The molecule has 1 aromatic heterocycles. The van der Waals surface area contributed by atoms with Gasteiger partial charge in [0.05, 0.1) is 12.3 Å². The SMILES string of the molecule is Oc1cccc(-n2ccnc2OCC2CCN(Cc3ccccc3)CC2)c1. The monoisotopic (exact) mass is 363 g/mol. The number of aromatic nitrogens is 2. The zero-order chi connectivity index (χ0) is 18.5. The normalized spacial score (nSPS) is 15.7. The second kappa shape index (κ2) is 8.27. The molecule has 0 radical (unpaired) electrons. The minimum Gasteiger partial charge on any atom is -0.508 e. The lowest BCUT2D eigenvalue weighted by atomic mass is 9.97. The summed E-state index contributed by atoms with van der Waals surface area (Å²) in [4.78, 5) is 6.84. The van der Waals surface area contributed by atoms with Crippen molar-refractivity contribution in [3.05, 3.63) is 72.6 Å². The van der Waals surface area contributed by atoms with Gasteiger partial charge in [-0.2, -0.15) is 0 Å². The van der Waals surface area contributed by atoms with Crippen molar-refractivity contribution in [1.29, 1.82) is 0 Å². The van der Waals surface area contributed by atoms with Crippen molar-refractivity contribution in [2.45, 2.75) is 19.4 Å². The van der Waals surface area contributed by atoms with Gasteiger partial charge in [0, 0.05) is 25.0 Å². The number of benzene rings is 2. The summed E-state index contributed by atoms with van der Waals surface area (Å²) in [5.74, 6) is 0.782. The molecule has 1 aliphatic heterocycles. The fourth-order valence-electron chi connectivity index (χ4n) is 3.58. The van der Waals surface area contributed by atoms with Gasteiger partial charge in [0.15, 0.2) is 0 Å². The number of nitrogens with zero attached hydrogens (tertiary/aromatic N) is 3. The molecule has 0 aliphatic carbocycles. The van der Waals surface area contributed by atoms with E-state index in [1.54, 1.807) is 18.3 Å². The molecule has 0 saturated carbocycles. The van der Waals surface area contributed by atoms with Crippen molar-refractivity contribution < 1.29 is 9.84 Å². The Labute approximate surface area is 159 Å². The van der Waals surface area contributed by atoms with Gasteiger partial charge in [-0.15, -0.1) is 0 Å². The van der Waals surface area contributed by atoms with E-state index in [2.05, 4.69) is 40.2 Å².